The lowest BCUT2D eigenvalue weighted by atomic mass is 9.80. The average molecular weight is 254 g/mol. The van der Waals surface area contributed by atoms with E-state index in [0.717, 1.165) is 37.5 Å². The van der Waals surface area contributed by atoms with Gasteiger partial charge in [-0.2, -0.15) is 0 Å². The van der Waals surface area contributed by atoms with Crippen LogP contribution in [0.4, 0.5) is 0 Å². The molecule has 2 unspecified atom stereocenters. The number of nitrogens with zero attached hydrogens (tertiary/aromatic N) is 2. The predicted molar refractivity (Wildman–Crippen MR) is 75.7 cm³/mol. The summed E-state index contributed by atoms with van der Waals surface area (Å²) in [5, 5.41) is 9.04. The first-order valence-corrected chi connectivity index (χ1v) is 7.76. The SMILES string of the molecule is CC1CC(C)CC(N2CCCN(CCO)CC2)C1. The van der Waals surface area contributed by atoms with Crippen molar-refractivity contribution in [2.75, 3.05) is 39.3 Å². The Hall–Kier alpha value is -0.120. The van der Waals surface area contributed by atoms with Crippen LogP contribution in [0, 0.1) is 11.8 Å². The van der Waals surface area contributed by atoms with Crippen LogP contribution in [0.1, 0.15) is 39.5 Å². The summed E-state index contributed by atoms with van der Waals surface area (Å²) in [7, 11) is 0. The minimum atomic E-state index is 0.303. The van der Waals surface area contributed by atoms with E-state index in [1.165, 1.54) is 38.8 Å². The molecule has 2 aliphatic rings. The zero-order valence-electron chi connectivity index (χ0n) is 12.1. The van der Waals surface area contributed by atoms with Crippen molar-refractivity contribution >= 4 is 0 Å². The minimum Gasteiger partial charge on any atom is -0.395 e. The van der Waals surface area contributed by atoms with Gasteiger partial charge in [0.2, 0.25) is 0 Å². The summed E-state index contributed by atoms with van der Waals surface area (Å²) in [6.45, 7) is 10.7. The van der Waals surface area contributed by atoms with E-state index in [1.54, 1.807) is 0 Å². The first kappa shape index (κ1) is 14.3. The Kier molecular flexibility index (Phi) is 5.46. The maximum absolute atomic E-state index is 9.04. The van der Waals surface area contributed by atoms with Gasteiger partial charge >= 0.3 is 0 Å². The summed E-state index contributed by atoms with van der Waals surface area (Å²) in [6, 6.07) is 0.817. The molecule has 1 aliphatic heterocycles. The molecule has 3 heteroatoms. The number of β-amino-alcohol motifs (C(OH)–C–C–N with tert-alkyl or cyclic N) is 1. The van der Waals surface area contributed by atoms with E-state index in [4.69, 9.17) is 5.11 Å². The van der Waals surface area contributed by atoms with E-state index >= 15 is 0 Å². The van der Waals surface area contributed by atoms with Gasteiger partial charge in [-0.3, -0.25) is 9.80 Å². The maximum atomic E-state index is 9.04. The van der Waals surface area contributed by atoms with Crippen molar-refractivity contribution in [1.29, 1.82) is 0 Å². The summed E-state index contributed by atoms with van der Waals surface area (Å²) >= 11 is 0. The molecule has 18 heavy (non-hydrogen) atoms. The van der Waals surface area contributed by atoms with Crippen molar-refractivity contribution in [2.24, 2.45) is 11.8 Å². The first-order chi connectivity index (χ1) is 8.69. The molecule has 0 amide bonds. The Morgan fingerprint density at radius 1 is 0.944 bits per heavy atom. The number of aliphatic hydroxyl groups is 1. The summed E-state index contributed by atoms with van der Waals surface area (Å²) in [5.74, 6) is 1.80. The smallest absolute Gasteiger partial charge is 0.0558 e. The summed E-state index contributed by atoms with van der Waals surface area (Å²) in [5.41, 5.74) is 0. The van der Waals surface area contributed by atoms with Gasteiger partial charge in [0.25, 0.3) is 0 Å². The Morgan fingerprint density at radius 2 is 1.67 bits per heavy atom. The molecule has 0 bridgehead atoms. The highest BCUT2D eigenvalue weighted by atomic mass is 16.3. The molecule has 106 valence electrons. The van der Waals surface area contributed by atoms with Crippen LogP contribution in [-0.4, -0.2) is 60.3 Å². The topological polar surface area (TPSA) is 26.7 Å². The molecule has 2 fully saturated rings. The summed E-state index contributed by atoms with van der Waals surface area (Å²) < 4.78 is 0. The second-order valence-corrected chi connectivity index (χ2v) is 6.53. The van der Waals surface area contributed by atoms with Crippen LogP contribution in [0.3, 0.4) is 0 Å². The van der Waals surface area contributed by atoms with Crippen molar-refractivity contribution in [2.45, 2.75) is 45.6 Å². The Bertz CT molecular complexity index is 237. The fourth-order valence-corrected chi connectivity index (χ4v) is 3.92. The van der Waals surface area contributed by atoms with E-state index < -0.39 is 0 Å². The lowest BCUT2D eigenvalue weighted by Gasteiger charge is -2.38. The van der Waals surface area contributed by atoms with Crippen LogP contribution in [0.25, 0.3) is 0 Å². The van der Waals surface area contributed by atoms with Crippen LogP contribution in [0.5, 0.6) is 0 Å². The molecule has 1 aliphatic carbocycles. The van der Waals surface area contributed by atoms with Gasteiger partial charge in [0.1, 0.15) is 0 Å². The van der Waals surface area contributed by atoms with Gasteiger partial charge < -0.3 is 5.11 Å². The number of hydrogen-bond donors (Lipinski definition) is 1. The summed E-state index contributed by atoms with van der Waals surface area (Å²) in [4.78, 5) is 5.14. The van der Waals surface area contributed by atoms with E-state index in [-0.39, 0.29) is 0 Å². The molecule has 2 atom stereocenters. The summed E-state index contributed by atoms with van der Waals surface area (Å²) in [6.07, 6.45) is 5.47. The molecular weight excluding hydrogens is 224 g/mol. The van der Waals surface area contributed by atoms with Crippen LogP contribution < -0.4 is 0 Å². The van der Waals surface area contributed by atoms with Crippen molar-refractivity contribution in [3.05, 3.63) is 0 Å². The third-order valence-corrected chi connectivity index (χ3v) is 4.71. The van der Waals surface area contributed by atoms with Gasteiger partial charge in [0.15, 0.2) is 0 Å². The normalized spacial score (nSPS) is 36.5. The second kappa shape index (κ2) is 6.88. The highest BCUT2D eigenvalue weighted by Gasteiger charge is 2.29. The Labute approximate surface area is 112 Å². The van der Waals surface area contributed by atoms with Gasteiger partial charge in [-0.05, 0) is 50.6 Å². The lowest BCUT2D eigenvalue weighted by Crippen LogP contribution is -2.42. The highest BCUT2D eigenvalue weighted by molar-refractivity contribution is 4.83. The monoisotopic (exact) mass is 254 g/mol. The quantitative estimate of drug-likeness (QED) is 0.832. The fraction of sp³-hybridized carbons (Fsp3) is 1.00. The van der Waals surface area contributed by atoms with Crippen molar-refractivity contribution in [3.8, 4) is 0 Å². The van der Waals surface area contributed by atoms with E-state index in [1.807, 2.05) is 0 Å². The highest BCUT2D eigenvalue weighted by Crippen LogP contribution is 2.31. The third kappa shape index (κ3) is 3.94. The molecule has 3 nitrogen and oxygen atoms in total. The maximum Gasteiger partial charge on any atom is 0.0558 e. The minimum absolute atomic E-state index is 0.303. The first-order valence-electron chi connectivity index (χ1n) is 7.76. The molecule has 1 N–H and O–H groups in total. The number of hydrogen-bond acceptors (Lipinski definition) is 3. The predicted octanol–water partition coefficient (Wildman–Crippen LogP) is 1.81. The molecule has 0 spiro atoms. The Morgan fingerprint density at radius 3 is 2.33 bits per heavy atom. The fourth-order valence-electron chi connectivity index (χ4n) is 3.92. The second-order valence-electron chi connectivity index (χ2n) is 6.53. The van der Waals surface area contributed by atoms with Gasteiger partial charge in [-0.1, -0.05) is 13.8 Å². The van der Waals surface area contributed by atoms with Crippen molar-refractivity contribution in [1.82, 2.24) is 9.80 Å². The molecular formula is C15H30N2O. The average Bonchev–Trinajstić information content (AvgIpc) is 2.54. The molecule has 1 heterocycles. The van der Waals surface area contributed by atoms with Gasteiger partial charge in [0, 0.05) is 25.7 Å². The number of aliphatic hydroxyl groups excluding tert-OH is 1. The standard InChI is InChI=1S/C15H30N2O/c1-13-10-14(2)12-15(11-13)17-5-3-4-16(6-7-17)8-9-18/h13-15,18H,3-12H2,1-2H3. The molecule has 1 saturated heterocycles. The van der Waals surface area contributed by atoms with Crippen LogP contribution >= 0.6 is 0 Å². The van der Waals surface area contributed by atoms with E-state index in [9.17, 15) is 0 Å². The molecule has 1 saturated carbocycles. The van der Waals surface area contributed by atoms with Crippen LogP contribution in [0.15, 0.2) is 0 Å². The van der Waals surface area contributed by atoms with Gasteiger partial charge in [-0.25, -0.2) is 0 Å². The van der Waals surface area contributed by atoms with E-state index in [2.05, 4.69) is 23.6 Å². The molecule has 0 aromatic rings. The van der Waals surface area contributed by atoms with Gasteiger partial charge in [-0.15, -0.1) is 0 Å². The zero-order chi connectivity index (χ0) is 13.0. The van der Waals surface area contributed by atoms with Crippen LogP contribution in [0.2, 0.25) is 0 Å². The van der Waals surface area contributed by atoms with Crippen molar-refractivity contribution in [3.63, 3.8) is 0 Å². The molecule has 2 rings (SSSR count). The molecule has 0 aromatic carbocycles. The molecule has 0 radical (unpaired) electrons. The largest absolute Gasteiger partial charge is 0.395 e. The zero-order valence-corrected chi connectivity index (χ0v) is 12.1. The van der Waals surface area contributed by atoms with E-state index in [0.29, 0.717) is 6.61 Å². The van der Waals surface area contributed by atoms with Gasteiger partial charge in [0.05, 0.1) is 6.61 Å². The molecule has 0 aromatic heterocycles. The lowest BCUT2D eigenvalue weighted by molar-refractivity contribution is 0.111. The Balaban J connectivity index is 1.85. The van der Waals surface area contributed by atoms with Crippen LogP contribution in [-0.2, 0) is 0 Å². The van der Waals surface area contributed by atoms with Crippen molar-refractivity contribution < 1.29 is 5.11 Å². The third-order valence-electron chi connectivity index (χ3n) is 4.71. The number of rotatable bonds is 3.